The summed E-state index contributed by atoms with van der Waals surface area (Å²) in [7, 11) is 3.26. The van der Waals surface area contributed by atoms with Crippen LogP contribution in [0.5, 0.6) is 17.2 Å². The van der Waals surface area contributed by atoms with Crippen molar-refractivity contribution in [3.63, 3.8) is 0 Å². The molecule has 0 aliphatic carbocycles. The molecule has 0 fully saturated rings. The lowest BCUT2D eigenvalue weighted by atomic mass is 10.1. The van der Waals surface area contributed by atoms with Crippen LogP contribution in [0.1, 0.15) is 22.8 Å². The summed E-state index contributed by atoms with van der Waals surface area (Å²) in [6, 6.07) is 25.4. The Morgan fingerprint density at radius 1 is 0.878 bits per heavy atom. The van der Waals surface area contributed by atoms with Crippen molar-refractivity contribution < 1.29 is 23.4 Å². The van der Waals surface area contributed by atoms with Crippen LogP contribution in [-0.4, -0.2) is 39.3 Å². The van der Waals surface area contributed by atoms with Gasteiger partial charge in [-0.1, -0.05) is 24.3 Å². The van der Waals surface area contributed by atoms with Gasteiger partial charge in [-0.05, 0) is 79.6 Å². The number of para-hydroxylation sites is 2. The lowest BCUT2D eigenvalue weighted by Gasteiger charge is -2.16. The number of benzene rings is 4. The van der Waals surface area contributed by atoms with E-state index >= 15 is 0 Å². The monoisotopic (exact) mass is 552 g/mol. The van der Waals surface area contributed by atoms with Gasteiger partial charge in [0.05, 0.1) is 30.6 Å². The SMILES string of the molecule is COc1ccc(CC(C)NCCOc2ccc(NC(=O)c3cccc4c(=O)c5ccccc5oc34)cc2)cc1OC. The molecule has 5 rings (SSSR count). The Morgan fingerprint density at radius 3 is 2.41 bits per heavy atom. The lowest BCUT2D eigenvalue weighted by molar-refractivity contribution is 0.102. The Balaban J connectivity index is 1.14. The largest absolute Gasteiger partial charge is 0.493 e. The normalized spacial score (nSPS) is 11.8. The summed E-state index contributed by atoms with van der Waals surface area (Å²) < 4.78 is 22.5. The maximum atomic E-state index is 13.1. The first-order valence-corrected chi connectivity index (χ1v) is 13.4. The average Bonchev–Trinajstić information content (AvgIpc) is 3.00. The van der Waals surface area contributed by atoms with Crippen LogP contribution in [0, 0.1) is 0 Å². The van der Waals surface area contributed by atoms with E-state index in [1.165, 1.54) is 0 Å². The molecule has 0 saturated carbocycles. The molecule has 0 saturated heterocycles. The Hall–Kier alpha value is -4.82. The molecule has 0 aliphatic rings. The summed E-state index contributed by atoms with van der Waals surface area (Å²) in [5, 5.41) is 7.20. The van der Waals surface area contributed by atoms with Crippen LogP contribution in [0.25, 0.3) is 21.9 Å². The van der Waals surface area contributed by atoms with E-state index < -0.39 is 0 Å². The number of rotatable bonds is 11. The van der Waals surface area contributed by atoms with Gasteiger partial charge < -0.3 is 29.3 Å². The van der Waals surface area contributed by atoms with Gasteiger partial charge >= 0.3 is 0 Å². The van der Waals surface area contributed by atoms with E-state index in [9.17, 15) is 9.59 Å². The first-order chi connectivity index (χ1) is 20.0. The molecule has 2 N–H and O–H groups in total. The summed E-state index contributed by atoms with van der Waals surface area (Å²) >= 11 is 0. The van der Waals surface area contributed by atoms with Crippen molar-refractivity contribution in [2.75, 3.05) is 32.7 Å². The van der Waals surface area contributed by atoms with Crippen molar-refractivity contribution in [3.05, 3.63) is 106 Å². The zero-order chi connectivity index (χ0) is 28.8. The molecule has 1 heterocycles. The van der Waals surface area contributed by atoms with Crippen LogP contribution in [0.2, 0.25) is 0 Å². The predicted octanol–water partition coefficient (Wildman–Crippen LogP) is 5.82. The number of amides is 1. The van der Waals surface area contributed by atoms with Crippen molar-refractivity contribution in [2.24, 2.45) is 0 Å². The number of nitrogens with one attached hydrogen (secondary N) is 2. The standard InChI is InChI=1S/C33H32N2O6/c1-21(19-22-11-16-29(38-2)30(20-22)39-3)34-17-18-40-24-14-12-23(13-15-24)35-33(37)27-9-6-8-26-31(36)25-7-4-5-10-28(25)41-32(26)27/h4-16,20-21,34H,17-19H2,1-3H3,(H,35,37). The highest BCUT2D eigenvalue weighted by Gasteiger charge is 2.16. The minimum atomic E-state index is -0.365. The van der Waals surface area contributed by atoms with Gasteiger partial charge in [-0.25, -0.2) is 0 Å². The first kappa shape index (κ1) is 27.7. The number of hydrogen-bond acceptors (Lipinski definition) is 7. The molecule has 5 aromatic rings. The molecule has 210 valence electrons. The van der Waals surface area contributed by atoms with Gasteiger partial charge in [-0.15, -0.1) is 0 Å². The van der Waals surface area contributed by atoms with E-state index in [0.29, 0.717) is 52.3 Å². The molecule has 0 bridgehead atoms. The molecule has 0 aliphatic heterocycles. The summed E-state index contributed by atoms with van der Waals surface area (Å²) in [4.78, 5) is 26.0. The van der Waals surface area contributed by atoms with Crippen LogP contribution < -0.4 is 30.3 Å². The quantitative estimate of drug-likeness (QED) is 0.157. The van der Waals surface area contributed by atoms with E-state index in [1.54, 1.807) is 80.9 Å². The highest BCUT2D eigenvalue weighted by Crippen LogP contribution is 2.28. The molecule has 4 aromatic carbocycles. The highest BCUT2D eigenvalue weighted by molar-refractivity contribution is 6.12. The number of carbonyl (C=O) groups excluding carboxylic acids is 1. The van der Waals surface area contributed by atoms with E-state index in [-0.39, 0.29) is 23.0 Å². The first-order valence-electron chi connectivity index (χ1n) is 13.4. The fourth-order valence-corrected chi connectivity index (χ4v) is 4.74. The smallest absolute Gasteiger partial charge is 0.259 e. The highest BCUT2D eigenvalue weighted by atomic mass is 16.5. The van der Waals surface area contributed by atoms with Crippen LogP contribution in [0.15, 0.2) is 94.1 Å². The predicted molar refractivity (Wildman–Crippen MR) is 161 cm³/mol. The summed E-state index contributed by atoms with van der Waals surface area (Å²) in [5.74, 6) is 1.76. The topological polar surface area (TPSA) is 99.0 Å². The molecule has 8 nitrogen and oxygen atoms in total. The van der Waals surface area contributed by atoms with Crippen LogP contribution in [0.4, 0.5) is 5.69 Å². The van der Waals surface area contributed by atoms with Crippen LogP contribution in [0.3, 0.4) is 0 Å². The zero-order valence-electron chi connectivity index (χ0n) is 23.2. The minimum absolute atomic E-state index is 0.164. The number of carbonyl (C=O) groups is 1. The van der Waals surface area contributed by atoms with Gasteiger partial charge in [0.1, 0.15) is 17.9 Å². The van der Waals surface area contributed by atoms with E-state index in [4.69, 9.17) is 18.6 Å². The fourth-order valence-electron chi connectivity index (χ4n) is 4.74. The summed E-state index contributed by atoms with van der Waals surface area (Å²) in [6.45, 7) is 3.29. The number of anilines is 1. The Kier molecular flexibility index (Phi) is 8.50. The molecule has 8 heteroatoms. The van der Waals surface area contributed by atoms with E-state index in [1.807, 2.05) is 18.2 Å². The molecule has 1 unspecified atom stereocenters. The van der Waals surface area contributed by atoms with Gasteiger partial charge in [0.15, 0.2) is 17.1 Å². The molecule has 0 radical (unpaired) electrons. The van der Waals surface area contributed by atoms with Crippen LogP contribution >= 0.6 is 0 Å². The average molecular weight is 553 g/mol. The molecule has 1 amide bonds. The van der Waals surface area contributed by atoms with Crippen molar-refractivity contribution >= 4 is 33.5 Å². The summed E-state index contributed by atoms with van der Waals surface area (Å²) in [5.41, 5.74) is 2.59. The lowest BCUT2D eigenvalue weighted by Crippen LogP contribution is -2.31. The molecule has 41 heavy (non-hydrogen) atoms. The van der Waals surface area contributed by atoms with Gasteiger partial charge in [-0.3, -0.25) is 9.59 Å². The van der Waals surface area contributed by atoms with E-state index in [0.717, 1.165) is 17.7 Å². The third-order valence-electron chi connectivity index (χ3n) is 6.81. The third kappa shape index (κ3) is 6.34. The second-order valence-corrected chi connectivity index (χ2v) is 9.69. The van der Waals surface area contributed by atoms with Gasteiger partial charge in [0, 0.05) is 18.3 Å². The molecule has 0 spiro atoms. The Bertz CT molecular complexity index is 1730. The fraction of sp³-hybridized carbons (Fsp3) is 0.212. The van der Waals surface area contributed by atoms with Gasteiger partial charge in [-0.2, -0.15) is 0 Å². The van der Waals surface area contributed by atoms with E-state index in [2.05, 4.69) is 17.6 Å². The van der Waals surface area contributed by atoms with Gasteiger partial charge in [0.25, 0.3) is 5.91 Å². The van der Waals surface area contributed by atoms with Crippen molar-refractivity contribution in [1.29, 1.82) is 0 Å². The number of fused-ring (bicyclic) bond motifs is 2. The molecular weight excluding hydrogens is 520 g/mol. The maximum absolute atomic E-state index is 13.1. The maximum Gasteiger partial charge on any atom is 0.259 e. The zero-order valence-corrected chi connectivity index (χ0v) is 23.2. The Labute approximate surface area is 237 Å². The van der Waals surface area contributed by atoms with Crippen molar-refractivity contribution in [3.8, 4) is 17.2 Å². The second kappa shape index (κ2) is 12.6. The van der Waals surface area contributed by atoms with Crippen LogP contribution in [-0.2, 0) is 6.42 Å². The number of hydrogen-bond donors (Lipinski definition) is 2. The molecule has 1 aromatic heterocycles. The molecular formula is C33H32N2O6. The van der Waals surface area contributed by atoms with Crippen molar-refractivity contribution in [1.82, 2.24) is 5.32 Å². The van der Waals surface area contributed by atoms with Gasteiger partial charge in [0.2, 0.25) is 5.43 Å². The second-order valence-electron chi connectivity index (χ2n) is 9.69. The number of ether oxygens (including phenoxy) is 3. The minimum Gasteiger partial charge on any atom is -0.493 e. The number of methoxy groups -OCH3 is 2. The molecule has 1 atom stereocenters. The van der Waals surface area contributed by atoms with Crippen molar-refractivity contribution in [2.45, 2.75) is 19.4 Å². The Morgan fingerprint density at radius 2 is 1.63 bits per heavy atom. The summed E-state index contributed by atoms with van der Waals surface area (Å²) in [6.07, 6.45) is 0.838. The third-order valence-corrected chi connectivity index (χ3v) is 6.81.